The van der Waals surface area contributed by atoms with E-state index >= 15 is 0 Å². The fourth-order valence-electron chi connectivity index (χ4n) is 1.46. The van der Waals surface area contributed by atoms with E-state index in [0.717, 1.165) is 10.9 Å². The number of hydrogen-bond acceptors (Lipinski definition) is 3. The number of thiophene rings is 1. The van der Waals surface area contributed by atoms with E-state index < -0.39 is 5.97 Å². The molecule has 0 atom stereocenters. The van der Waals surface area contributed by atoms with Crippen LogP contribution in [0.25, 0.3) is 0 Å². The molecule has 1 aromatic heterocycles. The highest BCUT2D eigenvalue weighted by Gasteiger charge is 2.08. The molecule has 3 nitrogen and oxygen atoms in total. The summed E-state index contributed by atoms with van der Waals surface area (Å²) in [5.41, 5.74) is 1.45. The summed E-state index contributed by atoms with van der Waals surface area (Å²) in [4.78, 5) is 10.9. The summed E-state index contributed by atoms with van der Waals surface area (Å²) in [6, 6.07) is 6.80. The molecule has 0 bridgehead atoms. The van der Waals surface area contributed by atoms with Crippen LogP contribution >= 0.6 is 27.3 Å². The fraction of sp³-hybridized carbons (Fsp3) is 0.154. The number of ether oxygens (including phenoxy) is 1. The molecule has 0 fully saturated rings. The maximum Gasteiger partial charge on any atom is 0.335 e. The van der Waals surface area contributed by atoms with E-state index in [-0.39, 0.29) is 5.56 Å². The first-order valence-corrected chi connectivity index (χ1v) is 7.07. The Morgan fingerprint density at radius 2 is 2.22 bits per heavy atom. The molecule has 0 saturated heterocycles. The van der Waals surface area contributed by atoms with E-state index in [2.05, 4.69) is 27.4 Å². The summed E-state index contributed by atoms with van der Waals surface area (Å²) in [5.74, 6) is -0.393. The Bertz CT molecular complexity index is 537. The molecule has 5 heteroatoms. The van der Waals surface area contributed by atoms with E-state index in [1.54, 1.807) is 17.4 Å². The molecule has 18 heavy (non-hydrogen) atoms. The molecule has 0 saturated carbocycles. The second kappa shape index (κ2) is 6.02. The number of carboxylic acids is 1. The van der Waals surface area contributed by atoms with Crippen LogP contribution in [0.4, 0.5) is 0 Å². The minimum absolute atomic E-state index is 0.226. The summed E-state index contributed by atoms with van der Waals surface area (Å²) < 4.78 is 6.36. The number of hydrogen-bond donors (Lipinski definition) is 1. The van der Waals surface area contributed by atoms with Gasteiger partial charge in [0.05, 0.1) is 16.6 Å². The van der Waals surface area contributed by atoms with Gasteiger partial charge in [-0.2, -0.15) is 11.3 Å². The molecule has 0 aliphatic rings. The van der Waals surface area contributed by atoms with Crippen LogP contribution in [-0.4, -0.2) is 17.7 Å². The molecular weight excluding hydrogens is 316 g/mol. The maximum atomic E-state index is 10.9. The number of rotatable bonds is 5. The topological polar surface area (TPSA) is 46.5 Å². The van der Waals surface area contributed by atoms with Crippen molar-refractivity contribution in [1.82, 2.24) is 0 Å². The largest absolute Gasteiger partial charge is 0.492 e. The second-order valence-corrected chi connectivity index (χ2v) is 5.31. The van der Waals surface area contributed by atoms with Crippen LogP contribution in [0, 0.1) is 0 Å². The number of aromatic carboxylic acids is 1. The van der Waals surface area contributed by atoms with Crippen molar-refractivity contribution in [2.45, 2.75) is 6.42 Å². The zero-order chi connectivity index (χ0) is 13.0. The Kier molecular flexibility index (Phi) is 4.38. The zero-order valence-electron chi connectivity index (χ0n) is 9.43. The van der Waals surface area contributed by atoms with Crippen LogP contribution in [0.5, 0.6) is 5.75 Å². The van der Waals surface area contributed by atoms with Crippen molar-refractivity contribution < 1.29 is 14.6 Å². The van der Waals surface area contributed by atoms with Crippen LogP contribution in [-0.2, 0) is 6.42 Å². The van der Waals surface area contributed by atoms with Crippen molar-refractivity contribution in [2.75, 3.05) is 6.61 Å². The minimum Gasteiger partial charge on any atom is -0.492 e. The van der Waals surface area contributed by atoms with E-state index in [4.69, 9.17) is 9.84 Å². The highest BCUT2D eigenvalue weighted by molar-refractivity contribution is 9.10. The maximum absolute atomic E-state index is 10.9. The summed E-state index contributed by atoms with van der Waals surface area (Å²) in [5, 5.41) is 13.0. The first kappa shape index (κ1) is 13.1. The van der Waals surface area contributed by atoms with Gasteiger partial charge in [-0.25, -0.2) is 4.79 Å². The van der Waals surface area contributed by atoms with Gasteiger partial charge in [-0.1, -0.05) is 0 Å². The smallest absolute Gasteiger partial charge is 0.335 e. The lowest BCUT2D eigenvalue weighted by molar-refractivity contribution is 0.0696. The number of carboxylic acid groups (broad SMARTS) is 1. The third-order valence-electron chi connectivity index (χ3n) is 2.41. The lowest BCUT2D eigenvalue weighted by Gasteiger charge is -2.08. The third-order valence-corrected chi connectivity index (χ3v) is 3.79. The van der Waals surface area contributed by atoms with Crippen LogP contribution in [0.3, 0.4) is 0 Å². The predicted octanol–water partition coefficient (Wildman–Crippen LogP) is 3.83. The van der Waals surface area contributed by atoms with E-state index in [1.165, 1.54) is 17.7 Å². The van der Waals surface area contributed by atoms with Crippen LogP contribution < -0.4 is 4.74 Å². The van der Waals surface area contributed by atoms with Crippen molar-refractivity contribution in [3.05, 3.63) is 50.6 Å². The van der Waals surface area contributed by atoms with Gasteiger partial charge in [-0.15, -0.1) is 0 Å². The average molecular weight is 327 g/mol. The molecule has 0 aliphatic heterocycles. The molecule has 1 heterocycles. The van der Waals surface area contributed by atoms with Gasteiger partial charge in [-0.05, 0) is 56.5 Å². The molecule has 0 aliphatic carbocycles. The minimum atomic E-state index is -0.954. The lowest BCUT2D eigenvalue weighted by Crippen LogP contribution is -2.03. The Hall–Kier alpha value is -1.33. The van der Waals surface area contributed by atoms with Gasteiger partial charge < -0.3 is 9.84 Å². The van der Waals surface area contributed by atoms with Crippen molar-refractivity contribution in [2.24, 2.45) is 0 Å². The molecule has 1 N–H and O–H groups in total. The Labute approximate surface area is 117 Å². The van der Waals surface area contributed by atoms with Gasteiger partial charge in [0.2, 0.25) is 0 Å². The fourth-order valence-corrected chi connectivity index (χ4v) is 2.52. The molecule has 2 rings (SSSR count). The molecule has 1 aromatic carbocycles. The summed E-state index contributed by atoms with van der Waals surface area (Å²) in [6.07, 6.45) is 0.813. The van der Waals surface area contributed by atoms with Crippen LogP contribution in [0.2, 0.25) is 0 Å². The van der Waals surface area contributed by atoms with E-state index in [0.29, 0.717) is 12.4 Å². The van der Waals surface area contributed by atoms with Crippen molar-refractivity contribution in [3.63, 3.8) is 0 Å². The first-order chi connectivity index (χ1) is 8.66. The van der Waals surface area contributed by atoms with Gasteiger partial charge in [0.15, 0.2) is 0 Å². The first-order valence-electron chi connectivity index (χ1n) is 5.33. The van der Waals surface area contributed by atoms with Gasteiger partial charge in [-0.3, -0.25) is 0 Å². The standard InChI is InChI=1S/C13H11BrO3S/c14-11-2-1-10(13(15)16)7-12(11)17-5-3-9-4-6-18-8-9/h1-2,4,6-8H,3,5H2,(H,15,16). The quantitative estimate of drug-likeness (QED) is 0.908. The molecule has 94 valence electrons. The van der Waals surface area contributed by atoms with Gasteiger partial charge in [0, 0.05) is 6.42 Å². The van der Waals surface area contributed by atoms with Gasteiger partial charge in [0.25, 0.3) is 0 Å². The predicted molar refractivity (Wildman–Crippen MR) is 74.6 cm³/mol. The van der Waals surface area contributed by atoms with E-state index in [1.807, 2.05) is 5.38 Å². The number of carbonyl (C=O) groups is 1. The summed E-state index contributed by atoms with van der Waals surface area (Å²) >= 11 is 5.00. The third kappa shape index (κ3) is 3.34. The molecule has 0 radical (unpaired) electrons. The highest BCUT2D eigenvalue weighted by Crippen LogP contribution is 2.26. The molecule has 0 amide bonds. The number of halogens is 1. The average Bonchev–Trinajstić information content (AvgIpc) is 2.84. The molecule has 0 unspecified atom stereocenters. The molecule has 2 aromatic rings. The SMILES string of the molecule is O=C(O)c1ccc(Br)c(OCCc2ccsc2)c1. The second-order valence-electron chi connectivity index (χ2n) is 3.68. The molecular formula is C13H11BrO3S. The lowest BCUT2D eigenvalue weighted by atomic mass is 10.2. The molecule has 0 spiro atoms. The van der Waals surface area contributed by atoms with Crippen molar-refractivity contribution in [1.29, 1.82) is 0 Å². The summed E-state index contributed by atoms with van der Waals surface area (Å²) in [6.45, 7) is 0.526. The Morgan fingerprint density at radius 1 is 1.39 bits per heavy atom. The van der Waals surface area contributed by atoms with Crippen molar-refractivity contribution >= 4 is 33.2 Å². The van der Waals surface area contributed by atoms with Gasteiger partial charge >= 0.3 is 5.97 Å². The monoisotopic (exact) mass is 326 g/mol. The van der Waals surface area contributed by atoms with Crippen molar-refractivity contribution in [3.8, 4) is 5.75 Å². The highest BCUT2D eigenvalue weighted by atomic mass is 79.9. The van der Waals surface area contributed by atoms with E-state index in [9.17, 15) is 4.79 Å². The van der Waals surface area contributed by atoms with Crippen LogP contribution in [0.15, 0.2) is 39.5 Å². The number of benzene rings is 1. The van der Waals surface area contributed by atoms with Gasteiger partial charge in [0.1, 0.15) is 5.75 Å². The summed E-state index contributed by atoms with van der Waals surface area (Å²) in [7, 11) is 0. The van der Waals surface area contributed by atoms with Crippen LogP contribution in [0.1, 0.15) is 15.9 Å². The Morgan fingerprint density at radius 3 is 2.89 bits per heavy atom. The normalized spacial score (nSPS) is 10.3. The zero-order valence-corrected chi connectivity index (χ0v) is 11.8. The Balaban J connectivity index is 2.00.